The van der Waals surface area contributed by atoms with Crippen LogP contribution in [0.2, 0.25) is 0 Å². The Morgan fingerprint density at radius 1 is 0.850 bits per heavy atom. The molecule has 3 aromatic heterocycles. The molecule has 7 heteroatoms. The number of benzene rings is 1. The van der Waals surface area contributed by atoms with Crippen LogP contribution in [0.5, 0.6) is 5.75 Å². The number of hydrogen-bond donors (Lipinski definition) is 0. The van der Waals surface area contributed by atoms with Crippen LogP contribution in [-0.4, -0.2) is 74.9 Å². The molecule has 4 aromatic rings. The summed E-state index contributed by atoms with van der Waals surface area (Å²) in [5.41, 5.74) is 6.51. The minimum atomic E-state index is 0.734. The zero-order valence-electron chi connectivity index (χ0n) is 23.5. The molecule has 1 aromatic carbocycles. The fourth-order valence-electron chi connectivity index (χ4n) is 7.00. The molecule has 2 saturated heterocycles. The highest BCUT2D eigenvalue weighted by molar-refractivity contribution is 5.99. The van der Waals surface area contributed by atoms with Crippen molar-refractivity contribution in [1.82, 2.24) is 29.5 Å². The summed E-state index contributed by atoms with van der Waals surface area (Å²) in [6, 6.07) is 15.3. The molecule has 0 aliphatic carbocycles. The zero-order valence-corrected chi connectivity index (χ0v) is 23.5. The first-order chi connectivity index (χ1) is 19.8. The van der Waals surface area contributed by atoms with Gasteiger partial charge in [-0.25, -0.2) is 0 Å². The fraction of sp³-hybridized carbons (Fsp3) is 0.485. The fourth-order valence-corrected chi connectivity index (χ4v) is 7.00. The van der Waals surface area contributed by atoms with Gasteiger partial charge in [-0.15, -0.1) is 0 Å². The number of rotatable bonds is 8. The maximum Gasteiger partial charge on any atom is 0.121 e. The number of fused-ring (bicyclic) bond motifs is 2. The average molecular weight is 537 g/mol. The number of hydrogen-bond acceptors (Lipinski definition) is 6. The lowest BCUT2D eigenvalue weighted by Gasteiger charge is -2.40. The lowest BCUT2D eigenvalue weighted by atomic mass is 9.96. The third kappa shape index (κ3) is 5.25. The summed E-state index contributed by atoms with van der Waals surface area (Å²) in [5.74, 6) is 0.895. The molecule has 0 unspecified atom stereocenters. The van der Waals surface area contributed by atoms with Crippen LogP contribution >= 0.6 is 0 Å². The standard InChI is InChI=1S/C33H40N6O/c1-4-18-38(19-5-1)25-13-21-37(22-14-25)17-7-23-40-26-10-11-27-28(12-16-35-30(27)24-26)32-31-9-6-20-39(31)36-33(32)29-8-2-3-15-34-29/h2-3,8,10-12,15-16,24-25H,1,4-7,9,13-14,17-23H2. The smallest absolute Gasteiger partial charge is 0.121 e. The van der Waals surface area contributed by atoms with Crippen LogP contribution < -0.4 is 4.74 Å². The second-order valence-electron chi connectivity index (χ2n) is 11.6. The second kappa shape index (κ2) is 11.7. The van der Waals surface area contributed by atoms with Crippen molar-refractivity contribution in [1.29, 1.82) is 0 Å². The third-order valence-electron chi connectivity index (χ3n) is 9.08. The maximum atomic E-state index is 6.22. The highest BCUT2D eigenvalue weighted by Gasteiger charge is 2.26. The molecule has 2 fully saturated rings. The number of likely N-dealkylation sites (tertiary alicyclic amines) is 2. The van der Waals surface area contributed by atoms with Gasteiger partial charge in [-0.3, -0.25) is 14.6 Å². The van der Waals surface area contributed by atoms with E-state index in [-0.39, 0.29) is 0 Å². The van der Waals surface area contributed by atoms with Crippen molar-refractivity contribution < 1.29 is 4.74 Å². The van der Waals surface area contributed by atoms with Crippen molar-refractivity contribution in [2.45, 2.75) is 64.0 Å². The highest BCUT2D eigenvalue weighted by Crippen LogP contribution is 2.40. The Labute approximate surface area is 237 Å². The largest absolute Gasteiger partial charge is 0.493 e. The van der Waals surface area contributed by atoms with Crippen LogP contribution in [0.4, 0.5) is 0 Å². The predicted molar refractivity (Wildman–Crippen MR) is 160 cm³/mol. The van der Waals surface area contributed by atoms with Crippen LogP contribution in [0.25, 0.3) is 33.4 Å². The van der Waals surface area contributed by atoms with Gasteiger partial charge in [0.1, 0.15) is 11.4 Å². The summed E-state index contributed by atoms with van der Waals surface area (Å²) in [5, 5.41) is 6.11. The van der Waals surface area contributed by atoms with Crippen LogP contribution in [0, 0.1) is 0 Å². The normalized spacial score (nSPS) is 18.8. The number of aromatic nitrogens is 4. The van der Waals surface area contributed by atoms with Crippen molar-refractivity contribution in [3.8, 4) is 28.3 Å². The first-order valence-electron chi connectivity index (χ1n) is 15.3. The van der Waals surface area contributed by atoms with Crippen LogP contribution in [0.1, 0.15) is 50.6 Å². The van der Waals surface area contributed by atoms with E-state index in [9.17, 15) is 0 Å². The summed E-state index contributed by atoms with van der Waals surface area (Å²) in [6.45, 7) is 7.90. The Kier molecular flexibility index (Phi) is 7.49. The summed E-state index contributed by atoms with van der Waals surface area (Å²) in [7, 11) is 0. The van der Waals surface area contributed by atoms with Gasteiger partial charge in [0.2, 0.25) is 0 Å². The minimum absolute atomic E-state index is 0.734. The maximum absolute atomic E-state index is 6.22. The SMILES string of the molecule is c1ccc(-c2nn3c(c2-c2ccnc4cc(OCCCN5CCC(N6CCCCC6)CC5)ccc24)CCC3)nc1. The van der Waals surface area contributed by atoms with Crippen molar-refractivity contribution in [2.75, 3.05) is 39.3 Å². The van der Waals surface area contributed by atoms with E-state index in [2.05, 4.69) is 43.7 Å². The molecule has 0 radical (unpaired) electrons. The quantitative estimate of drug-likeness (QED) is 0.264. The lowest BCUT2D eigenvalue weighted by Crippen LogP contribution is -2.46. The van der Waals surface area contributed by atoms with Gasteiger partial charge in [0, 0.05) is 54.2 Å². The molecule has 6 heterocycles. The summed E-state index contributed by atoms with van der Waals surface area (Å²) < 4.78 is 8.38. The number of piperidine rings is 2. The van der Waals surface area contributed by atoms with Gasteiger partial charge in [-0.2, -0.15) is 5.10 Å². The van der Waals surface area contributed by atoms with Gasteiger partial charge < -0.3 is 14.5 Å². The van der Waals surface area contributed by atoms with Gasteiger partial charge >= 0.3 is 0 Å². The Morgan fingerprint density at radius 3 is 2.60 bits per heavy atom. The van der Waals surface area contributed by atoms with E-state index in [0.29, 0.717) is 0 Å². The lowest BCUT2D eigenvalue weighted by molar-refractivity contribution is 0.0901. The molecule has 40 heavy (non-hydrogen) atoms. The van der Waals surface area contributed by atoms with Crippen molar-refractivity contribution in [2.24, 2.45) is 0 Å². The Hall–Kier alpha value is -3.29. The average Bonchev–Trinajstić information content (AvgIpc) is 3.62. The van der Waals surface area contributed by atoms with Crippen molar-refractivity contribution >= 4 is 10.9 Å². The number of nitrogens with zero attached hydrogens (tertiary/aromatic N) is 6. The first-order valence-corrected chi connectivity index (χ1v) is 15.3. The number of ether oxygens (including phenoxy) is 1. The van der Waals surface area contributed by atoms with E-state index in [1.54, 1.807) is 0 Å². The van der Waals surface area contributed by atoms with E-state index in [4.69, 9.17) is 14.8 Å². The van der Waals surface area contributed by atoms with Crippen LogP contribution in [-0.2, 0) is 13.0 Å². The van der Waals surface area contributed by atoms with E-state index < -0.39 is 0 Å². The second-order valence-corrected chi connectivity index (χ2v) is 11.6. The van der Waals surface area contributed by atoms with E-state index in [1.807, 2.05) is 30.6 Å². The molecule has 208 valence electrons. The molecule has 0 atom stereocenters. The minimum Gasteiger partial charge on any atom is -0.493 e. The van der Waals surface area contributed by atoms with E-state index in [1.165, 1.54) is 75.1 Å². The van der Waals surface area contributed by atoms with E-state index in [0.717, 1.165) is 73.0 Å². The monoisotopic (exact) mass is 536 g/mol. The highest BCUT2D eigenvalue weighted by atomic mass is 16.5. The molecule has 0 saturated carbocycles. The molecular formula is C33H40N6O. The molecule has 0 spiro atoms. The molecule has 0 N–H and O–H groups in total. The molecule has 0 bridgehead atoms. The van der Waals surface area contributed by atoms with Gasteiger partial charge in [0.25, 0.3) is 0 Å². The van der Waals surface area contributed by atoms with Crippen molar-refractivity contribution in [3.05, 3.63) is 60.6 Å². The molecule has 3 aliphatic heterocycles. The van der Waals surface area contributed by atoms with Gasteiger partial charge in [-0.1, -0.05) is 12.5 Å². The van der Waals surface area contributed by atoms with Gasteiger partial charge in [0.15, 0.2) is 0 Å². The molecule has 3 aliphatic rings. The molecular weight excluding hydrogens is 496 g/mol. The van der Waals surface area contributed by atoms with Crippen molar-refractivity contribution in [3.63, 3.8) is 0 Å². The molecule has 7 nitrogen and oxygen atoms in total. The number of aryl methyl sites for hydroxylation is 1. The predicted octanol–water partition coefficient (Wildman–Crippen LogP) is 5.83. The topological polar surface area (TPSA) is 59.3 Å². The zero-order chi connectivity index (χ0) is 26.7. The third-order valence-corrected chi connectivity index (χ3v) is 9.08. The summed E-state index contributed by atoms with van der Waals surface area (Å²) in [6.07, 6.45) is 13.8. The molecule has 7 rings (SSSR count). The van der Waals surface area contributed by atoms with Crippen LogP contribution in [0.3, 0.4) is 0 Å². The van der Waals surface area contributed by atoms with E-state index >= 15 is 0 Å². The van der Waals surface area contributed by atoms with Crippen LogP contribution in [0.15, 0.2) is 54.9 Å². The molecule has 0 amide bonds. The first kappa shape index (κ1) is 25.7. The Balaban J connectivity index is 1.01. The van der Waals surface area contributed by atoms with Gasteiger partial charge in [-0.05, 0) is 107 Å². The summed E-state index contributed by atoms with van der Waals surface area (Å²) >= 11 is 0. The summed E-state index contributed by atoms with van der Waals surface area (Å²) in [4.78, 5) is 14.7. The Bertz CT molecular complexity index is 1440. The van der Waals surface area contributed by atoms with Gasteiger partial charge in [0.05, 0.1) is 17.8 Å². The Morgan fingerprint density at radius 2 is 1.75 bits per heavy atom. The number of pyridine rings is 2.